The molecular weight excluding hydrogens is 578 g/mol. The number of nitrogens with zero attached hydrogens (tertiary/aromatic N) is 6. The van der Waals surface area contributed by atoms with Gasteiger partial charge >= 0.3 is 6.01 Å². The van der Waals surface area contributed by atoms with Crippen molar-refractivity contribution in [2.24, 2.45) is 5.16 Å². The number of hydrogen-bond donors (Lipinski definition) is 1. The molecule has 9 nitrogen and oxygen atoms in total. The van der Waals surface area contributed by atoms with Crippen LogP contribution in [-0.2, 0) is 4.84 Å². The highest BCUT2D eigenvalue weighted by Gasteiger charge is 2.48. The smallest absolute Gasteiger partial charge is 0.319 e. The largest absolute Gasteiger partial charge is 0.508 e. The predicted octanol–water partition coefficient (Wildman–Crippen LogP) is 5.59. The zero-order valence-electron chi connectivity index (χ0n) is 24.9. The van der Waals surface area contributed by atoms with Crippen molar-refractivity contribution in [3.63, 3.8) is 0 Å². The van der Waals surface area contributed by atoms with E-state index < -0.39 is 11.6 Å². The lowest BCUT2D eigenvalue weighted by Gasteiger charge is -2.30. The van der Waals surface area contributed by atoms with Crippen molar-refractivity contribution in [1.82, 2.24) is 19.9 Å². The topological polar surface area (TPSA) is 96.2 Å². The highest BCUT2D eigenvalue weighted by Crippen LogP contribution is 2.40. The minimum absolute atomic E-state index is 0.0150. The molecule has 0 radical (unpaired) electrons. The summed E-state index contributed by atoms with van der Waals surface area (Å²) in [6.07, 6.45) is 15.7. The van der Waals surface area contributed by atoms with Crippen molar-refractivity contribution in [3.8, 4) is 35.4 Å². The molecule has 11 heteroatoms. The third kappa shape index (κ3) is 5.09. The van der Waals surface area contributed by atoms with Gasteiger partial charge in [0, 0.05) is 43.2 Å². The fourth-order valence-corrected chi connectivity index (χ4v) is 6.99. The number of fused-ring (bicyclic) bond motifs is 3. The van der Waals surface area contributed by atoms with E-state index in [-0.39, 0.29) is 45.0 Å². The molecule has 230 valence electrons. The first-order valence-electron chi connectivity index (χ1n) is 15.1. The molecule has 2 saturated heterocycles. The lowest BCUT2D eigenvalue weighted by atomic mass is 9.95. The number of anilines is 1. The van der Waals surface area contributed by atoms with Gasteiger partial charge in [-0.05, 0) is 55.8 Å². The van der Waals surface area contributed by atoms with Gasteiger partial charge < -0.3 is 19.6 Å². The third-order valence-corrected chi connectivity index (χ3v) is 9.03. The summed E-state index contributed by atoms with van der Waals surface area (Å²) in [5.74, 6) is 1.40. The first-order chi connectivity index (χ1) is 21.9. The molecule has 7 rings (SSSR count). The molecule has 45 heavy (non-hydrogen) atoms. The summed E-state index contributed by atoms with van der Waals surface area (Å²) in [6, 6.07) is 5.57. The summed E-state index contributed by atoms with van der Waals surface area (Å²) in [5, 5.41) is 15.9. The number of phenolic OH excluding ortho intramolecular Hbond substituents is 1. The van der Waals surface area contributed by atoms with Gasteiger partial charge in [0.2, 0.25) is 0 Å². The van der Waals surface area contributed by atoms with Gasteiger partial charge in [-0.2, -0.15) is 9.97 Å². The molecule has 2 fully saturated rings. The van der Waals surface area contributed by atoms with Crippen LogP contribution in [0.4, 0.5) is 14.6 Å². The Morgan fingerprint density at radius 3 is 2.73 bits per heavy atom. The molecule has 1 atom stereocenters. The van der Waals surface area contributed by atoms with Crippen LogP contribution in [0.15, 0.2) is 47.8 Å². The predicted molar refractivity (Wildman–Crippen MR) is 168 cm³/mol. The number of halogens is 2. The average molecular weight is 611 g/mol. The summed E-state index contributed by atoms with van der Waals surface area (Å²) in [4.78, 5) is 23.4. The number of hydrogen-bond acceptors (Lipinski definition) is 9. The lowest BCUT2D eigenvalue weighted by molar-refractivity contribution is 0.108. The maximum Gasteiger partial charge on any atom is 0.319 e. The summed E-state index contributed by atoms with van der Waals surface area (Å²) in [5.41, 5.74) is 0.717. The number of pyridine rings is 1. The van der Waals surface area contributed by atoms with Crippen LogP contribution in [0.25, 0.3) is 32.9 Å². The highest BCUT2D eigenvalue weighted by molar-refractivity contribution is 6.03. The van der Waals surface area contributed by atoms with Gasteiger partial charge in [0.15, 0.2) is 5.82 Å². The molecule has 1 N–H and O–H groups in total. The van der Waals surface area contributed by atoms with Gasteiger partial charge in [-0.3, -0.25) is 9.88 Å². The monoisotopic (exact) mass is 610 g/mol. The molecule has 0 unspecified atom stereocenters. The molecule has 3 aliphatic rings. The van der Waals surface area contributed by atoms with Crippen LogP contribution in [-0.4, -0.2) is 76.1 Å². The number of oxime groups is 1. The van der Waals surface area contributed by atoms with E-state index in [2.05, 4.69) is 43.0 Å². The van der Waals surface area contributed by atoms with Crippen LogP contribution in [0, 0.1) is 24.0 Å². The molecule has 4 aromatic rings. The van der Waals surface area contributed by atoms with Crippen LogP contribution in [0.2, 0.25) is 0 Å². The molecule has 0 bridgehead atoms. The van der Waals surface area contributed by atoms with Crippen molar-refractivity contribution in [3.05, 3.63) is 59.8 Å². The minimum atomic E-state index is -0.746. The van der Waals surface area contributed by atoms with Crippen LogP contribution in [0.3, 0.4) is 0 Å². The summed E-state index contributed by atoms with van der Waals surface area (Å²) < 4.78 is 37.9. The second-order valence-electron chi connectivity index (χ2n) is 11.8. The zero-order chi connectivity index (χ0) is 31.1. The lowest BCUT2D eigenvalue weighted by Crippen LogP contribution is -2.43. The van der Waals surface area contributed by atoms with Gasteiger partial charge in [-0.25, -0.2) is 8.78 Å². The van der Waals surface area contributed by atoms with E-state index in [1.54, 1.807) is 7.11 Å². The first kappa shape index (κ1) is 28.9. The number of aromatic nitrogens is 3. The number of aromatic hydroxyl groups is 1. The number of terminal acetylenes is 1. The van der Waals surface area contributed by atoms with E-state index in [0.717, 1.165) is 37.9 Å². The van der Waals surface area contributed by atoms with E-state index in [1.165, 1.54) is 30.5 Å². The first-order valence-corrected chi connectivity index (χ1v) is 15.1. The minimum Gasteiger partial charge on any atom is -0.508 e. The van der Waals surface area contributed by atoms with Gasteiger partial charge in [0.05, 0.1) is 22.2 Å². The Labute approximate surface area is 259 Å². The number of ether oxygens (including phenoxy) is 1. The van der Waals surface area contributed by atoms with Crippen LogP contribution >= 0.6 is 0 Å². The van der Waals surface area contributed by atoms with Crippen molar-refractivity contribution in [2.45, 2.75) is 37.6 Å². The summed E-state index contributed by atoms with van der Waals surface area (Å²) in [6.45, 7) is 3.32. The number of benzene rings is 2. The molecule has 0 amide bonds. The van der Waals surface area contributed by atoms with E-state index in [0.29, 0.717) is 49.3 Å². The summed E-state index contributed by atoms with van der Waals surface area (Å²) >= 11 is 0. The van der Waals surface area contributed by atoms with Gasteiger partial charge in [0.1, 0.15) is 42.3 Å². The third-order valence-electron chi connectivity index (χ3n) is 9.03. The van der Waals surface area contributed by atoms with Crippen LogP contribution in [0.5, 0.6) is 11.8 Å². The standard InChI is InChI=1S/C34H32F2N6O3/c1-3-24-27(35)10-9-21-15-23(43)16-25(28(21)24)30-29(36)31-26(18-37-30)32(41-12-6-4-5-7-13-41)39-33(38-31)45-20-34-11-8-14-42(34)19-22(17-34)40-44-2/h1,4-5,9-10,15-16,18,43H,6-8,11-14,17,19-20H2,2H3/b40-22-/t34-/m1/s1. The Balaban J connectivity index is 1.36. The van der Waals surface area contributed by atoms with E-state index in [1.807, 2.05) is 0 Å². The van der Waals surface area contributed by atoms with E-state index in [9.17, 15) is 9.50 Å². The second-order valence-corrected chi connectivity index (χ2v) is 11.8. The zero-order valence-corrected chi connectivity index (χ0v) is 24.9. The molecule has 2 aromatic carbocycles. The molecule has 2 aromatic heterocycles. The SMILES string of the molecule is C#Cc1c(F)ccc2cc(O)cc(-c3ncc4c(N5CCC=CCC5)nc(OC[C@]56CCCN5C/C(=N\OC)C6)nc4c3F)c12. The number of phenols is 1. The Morgan fingerprint density at radius 2 is 1.96 bits per heavy atom. The van der Waals surface area contributed by atoms with Gasteiger partial charge in [-0.15, -0.1) is 6.42 Å². The Bertz CT molecular complexity index is 1910. The molecule has 0 saturated carbocycles. The Hall–Kier alpha value is -4.82. The van der Waals surface area contributed by atoms with Crippen molar-refractivity contribution < 1.29 is 23.5 Å². The molecule has 3 aliphatic heterocycles. The van der Waals surface area contributed by atoms with Crippen molar-refractivity contribution in [2.75, 3.05) is 44.8 Å². The van der Waals surface area contributed by atoms with Crippen LogP contribution in [0.1, 0.15) is 37.7 Å². The summed E-state index contributed by atoms with van der Waals surface area (Å²) in [7, 11) is 1.55. The quantitative estimate of drug-likeness (QED) is 0.172. The van der Waals surface area contributed by atoms with Gasteiger partial charge in [0.25, 0.3) is 0 Å². The molecule has 0 aliphatic carbocycles. The van der Waals surface area contributed by atoms with Crippen molar-refractivity contribution in [1.29, 1.82) is 0 Å². The van der Waals surface area contributed by atoms with Gasteiger partial charge in [-0.1, -0.05) is 29.3 Å². The van der Waals surface area contributed by atoms with E-state index in [4.69, 9.17) is 21.0 Å². The fraction of sp³-hybridized carbons (Fsp3) is 0.353. The second kappa shape index (κ2) is 11.6. The van der Waals surface area contributed by atoms with Crippen molar-refractivity contribution >= 4 is 33.2 Å². The van der Waals surface area contributed by atoms with E-state index >= 15 is 4.39 Å². The fourth-order valence-electron chi connectivity index (χ4n) is 6.99. The Morgan fingerprint density at radius 1 is 1.13 bits per heavy atom. The maximum absolute atomic E-state index is 16.7. The Kier molecular flexibility index (Phi) is 7.45. The highest BCUT2D eigenvalue weighted by atomic mass is 19.1. The normalized spacial score (nSPS) is 20.9. The molecule has 0 spiro atoms. The molecule has 5 heterocycles. The maximum atomic E-state index is 16.7. The average Bonchev–Trinajstić information content (AvgIpc) is 3.44. The van der Waals surface area contributed by atoms with Crippen LogP contribution < -0.4 is 9.64 Å². The molecular formula is C34H32F2N6O3. The number of rotatable bonds is 6.